The molecule has 0 bridgehead atoms. The first-order valence-electron chi connectivity index (χ1n) is 6.47. The van der Waals surface area contributed by atoms with Crippen LogP contribution in [-0.2, 0) is 0 Å². The molecule has 5 heteroatoms. The van der Waals surface area contributed by atoms with Crippen LogP contribution in [0, 0.1) is 19.3 Å². The van der Waals surface area contributed by atoms with E-state index < -0.39 is 0 Å². The molecule has 1 N–H and O–H groups in total. The maximum Gasteiger partial charge on any atom is 0.105 e. The third-order valence-electron chi connectivity index (χ3n) is 3.29. The highest BCUT2D eigenvalue weighted by atomic mass is 32.1. The Hall–Kier alpha value is -1.43. The second-order valence-electron chi connectivity index (χ2n) is 4.80. The van der Waals surface area contributed by atoms with Gasteiger partial charge in [0.15, 0.2) is 0 Å². The van der Waals surface area contributed by atoms with Crippen molar-refractivity contribution in [3.05, 3.63) is 55.9 Å². The molecule has 0 aromatic carbocycles. The molecule has 0 aliphatic heterocycles. The highest BCUT2D eigenvalue weighted by Crippen LogP contribution is 2.33. The summed E-state index contributed by atoms with van der Waals surface area (Å²) in [6, 6.07) is 8.30. The molecular formula is C16H14N2S3. The Morgan fingerprint density at radius 3 is 1.90 bits per heavy atom. The molecule has 1 aliphatic carbocycles. The van der Waals surface area contributed by atoms with Crippen molar-refractivity contribution in [3.8, 4) is 0 Å². The normalized spacial score (nSPS) is 17.1. The molecule has 0 spiro atoms. The van der Waals surface area contributed by atoms with Gasteiger partial charge in [0.1, 0.15) is 5.71 Å². The lowest BCUT2D eigenvalue weighted by molar-refractivity contribution is 1.54. The maximum atomic E-state index is 8.46. The number of thiol groups is 1. The van der Waals surface area contributed by atoms with E-state index in [0.717, 1.165) is 20.9 Å². The van der Waals surface area contributed by atoms with Crippen LogP contribution in [0.15, 0.2) is 40.8 Å². The van der Waals surface area contributed by atoms with Crippen molar-refractivity contribution in [2.24, 2.45) is 4.40 Å². The van der Waals surface area contributed by atoms with Gasteiger partial charge in [0.05, 0.1) is 5.71 Å². The van der Waals surface area contributed by atoms with E-state index >= 15 is 0 Å². The first-order valence-corrected chi connectivity index (χ1v) is 8.51. The molecule has 0 fully saturated rings. The maximum absolute atomic E-state index is 8.46. The van der Waals surface area contributed by atoms with Gasteiger partial charge in [-0.2, -0.15) is 0 Å². The van der Waals surface area contributed by atoms with E-state index in [-0.39, 0.29) is 0 Å². The minimum Gasteiger partial charge on any atom is -0.298 e. The lowest BCUT2D eigenvalue weighted by atomic mass is 9.92. The van der Waals surface area contributed by atoms with Crippen molar-refractivity contribution in [3.63, 3.8) is 0 Å². The van der Waals surface area contributed by atoms with E-state index in [4.69, 9.17) is 5.41 Å². The Labute approximate surface area is 137 Å². The summed E-state index contributed by atoms with van der Waals surface area (Å²) >= 11 is 7.49. The molecule has 1 aliphatic rings. The first-order chi connectivity index (χ1) is 10.1. The number of hydrogen-bond donors (Lipinski definition) is 2. The third-order valence-corrected chi connectivity index (χ3v) is 5.56. The Morgan fingerprint density at radius 2 is 1.43 bits per heavy atom. The van der Waals surface area contributed by atoms with Gasteiger partial charge in [-0.25, -0.2) is 4.40 Å². The number of nitrogens with one attached hydrogen (secondary N) is 1. The smallest absolute Gasteiger partial charge is 0.105 e. The molecule has 0 atom stereocenters. The highest BCUT2D eigenvalue weighted by Gasteiger charge is 2.23. The van der Waals surface area contributed by atoms with Gasteiger partial charge in [-0.3, -0.25) is 5.41 Å². The van der Waals surface area contributed by atoms with Gasteiger partial charge in [-0.15, -0.1) is 22.7 Å². The minimum atomic E-state index is 0.440. The van der Waals surface area contributed by atoms with Gasteiger partial charge in [-0.1, -0.05) is 12.2 Å². The minimum absolute atomic E-state index is 0.440. The Morgan fingerprint density at radius 1 is 0.905 bits per heavy atom. The Kier molecular flexibility index (Phi) is 3.97. The van der Waals surface area contributed by atoms with Crippen LogP contribution in [0.25, 0.3) is 11.1 Å². The largest absolute Gasteiger partial charge is 0.298 e. The molecule has 3 rings (SSSR count). The molecule has 0 amide bonds. The van der Waals surface area contributed by atoms with Crippen LogP contribution in [0.5, 0.6) is 0 Å². The number of aryl methyl sites for hydroxylation is 2. The number of rotatable bonds is 2. The van der Waals surface area contributed by atoms with Crippen LogP contribution < -0.4 is 0 Å². The van der Waals surface area contributed by atoms with Gasteiger partial charge in [0, 0.05) is 30.7 Å². The zero-order valence-electron chi connectivity index (χ0n) is 11.7. The van der Waals surface area contributed by atoms with Gasteiger partial charge in [0.2, 0.25) is 0 Å². The van der Waals surface area contributed by atoms with E-state index in [1.807, 2.05) is 12.2 Å². The van der Waals surface area contributed by atoms with E-state index in [9.17, 15) is 0 Å². The van der Waals surface area contributed by atoms with E-state index in [0.29, 0.717) is 11.4 Å². The molecule has 21 heavy (non-hydrogen) atoms. The molecule has 0 unspecified atom stereocenters. The van der Waals surface area contributed by atoms with Crippen LogP contribution in [-0.4, -0.2) is 11.4 Å². The van der Waals surface area contributed by atoms with E-state index in [1.54, 1.807) is 22.7 Å². The molecule has 2 nitrogen and oxygen atoms in total. The molecule has 106 valence electrons. The average Bonchev–Trinajstić information content (AvgIpc) is 3.07. The summed E-state index contributed by atoms with van der Waals surface area (Å²) in [6.45, 7) is 4.15. The zero-order chi connectivity index (χ0) is 15.0. The molecule has 0 saturated carbocycles. The predicted molar refractivity (Wildman–Crippen MR) is 98.2 cm³/mol. The lowest BCUT2D eigenvalue weighted by Gasteiger charge is -2.16. The predicted octanol–water partition coefficient (Wildman–Crippen LogP) is 5.21. The van der Waals surface area contributed by atoms with Crippen LogP contribution in [0.4, 0.5) is 0 Å². The highest BCUT2D eigenvalue weighted by molar-refractivity contribution is 7.79. The number of nitrogens with zero attached hydrogens (tertiary/aromatic N) is 1. The second kappa shape index (κ2) is 5.75. The summed E-state index contributed by atoms with van der Waals surface area (Å²) in [5.41, 5.74) is 2.97. The van der Waals surface area contributed by atoms with Gasteiger partial charge >= 0.3 is 0 Å². The summed E-state index contributed by atoms with van der Waals surface area (Å²) in [6.07, 6.45) is 4.06. The van der Waals surface area contributed by atoms with Gasteiger partial charge in [-0.05, 0) is 50.9 Å². The standard InChI is InChI=1S/C16H14N2S3/c1-9-3-7-13(20-9)11-5-6-12(16(18-19)15(11)17)14-8-4-10(2)21-14/h3-8,17,19H,1-2H3/b17-15?,18-16-. The number of allylic oxidation sites excluding steroid dienone is 4. The fourth-order valence-electron chi connectivity index (χ4n) is 2.26. The molecule has 2 aromatic rings. The molecule has 2 aromatic heterocycles. The fraction of sp³-hybridized carbons (Fsp3) is 0.125. The summed E-state index contributed by atoms with van der Waals surface area (Å²) in [7, 11) is 0. The zero-order valence-corrected chi connectivity index (χ0v) is 14.2. The molecule has 2 heterocycles. The van der Waals surface area contributed by atoms with Crippen LogP contribution >= 0.6 is 35.5 Å². The fourth-order valence-corrected chi connectivity index (χ4v) is 4.26. The molecule has 0 radical (unpaired) electrons. The quantitative estimate of drug-likeness (QED) is 0.560. The van der Waals surface area contributed by atoms with Crippen molar-refractivity contribution < 1.29 is 0 Å². The lowest BCUT2D eigenvalue weighted by Crippen LogP contribution is -2.18. The van der Waals surface area contributed by atoms with Crippen molar-refractivity contribution in [2.75, 3.05) is 0 Å². The monoisotopic (exact) mass is 330 g/mol. The SMILES string of the molecule is Cc1ccc(C2=CC=C(c3ccc(C)s3)/C(=N/S)C2=N)s1. The first kappa shape index (κ1) is 14.5. The Balaban J connectivity index is 2.09. The number of hydrogen-bond acceptors (Lipinski definition) is 5. The third kappa shape index (κ3) is 2.69. The van der Waals surface area contributed by atoms with Crippen molar-refractivity contribution in [1.29, 1.82) is 5.41 Å². The van der Waals surface area contributed by atoms with Crippen LogP contribution in [0.1, 0.15) is 19.5 Å². The van der Waals surface area contributed by atoms with Crippen LogP contribution in [0.2, 0.25) is 0 Å². The average molecular weight is 331 g/mol. The van der Waals surface area contributed by atoms with E-state index in [2.05, 4.69) is 55.3 Å². The van der Waals surface area contributed by atoms with E-state index in [1.165, 1.54) is 9.75 Å². The Bertz CT molecular complexity index is 803. The molecule has 0 saturated heterocycles. The summed E-state index contributed by atoms with van der Waals surface area (Å²) in [5.74, 6) is 0. The van der Waals surface area contributed by atoms with Gasteiger partial charge < -0.3 is 0 Å². The summed E-state index contributed by atoms with van der Waals surface area (Å²) in [4.78, 5) is 4.72. The van der Waals surface area contributed by atoms with Crippen molar-refractivity contribution in [1.82, 2.24) is 0 Å². The van der Waals surface area contributed by atoms with Crippen molar-refractivity contribution >= 4 is 58.1 Å². The van der Waals surface area contributed by atoms with Crippen LogP contribution in [0.3, 0.4) is 0 Å². The summed E-state index contributed by atoms with van der Waals surface area (Å²) in [5, 5.41) is 8.46. The number of thiophene rings is 2. The molecular weight excluding hydrogens is 316 g/mol. The van der Waals surface area contributed by atoms with Gasteiger partial charge in [0.25, 0.3) is 0 Å². The van der Waals surface area contributed by atoms with Crippen molar-refractivity contribution in [2.45, 2.75) is 13.8 Å². The second-order valence-corrected chi connectivity index (χ2v) is 7.58. The topological polar surface area (TPSA) is 36.2 Å². The summed E-state index contributed by atoms with van der Waals surface area (Å²) < 4.78 is 4.07.